The minimum atomic E-state index is 0.241. The van der Waals surface area contributed by atoms with Gasteiger partial charge in [0.25, 0.3) is 0 Å². The number of furan rings is 1. The lowest BCUT2D eigenvalue weighted by Crippen LogP contribution is -2.35. The summed E-state index contributed by atoms with van der Waals surface area (Å²) < 4.78 is 6.60. The van der Waals surface area contributed by atoms with E-state index in [0.29, 0.717) is 12.6 Å². The number of halogens is 1. The van der Waals surface area contributed by atoms with Crippen LogP contribution in [0, 0.1) is 0 Å². The molecule has 1 atom stereocenters. The molecular weight excluding hydrogens is 316 g/mol. The number of nitrogens with two attached hydrogens (primary N) is 1. The van der Waals surface area contributed by atoms with Gasteiger partial charge in [-0.15, -0.1) is 0 Å². The molecule has 0 radical (unpaired) electrons. The summed E-state index contributed by atoms with van der Waals surface area (Å²) in [6.45, 7) is 1.44. The van der Waals surface area contributed by atoms with Gasteiger partial charge in [-0.3, -0.25) is 4.90 Å². The summed E-state index contributed by atoms with van der Waals surface area (Å²) in [5.74, 6) is 1.00. The van der Waals surface area contributed by atoms with Crippen molar-refractivity contribution in [2.45, 2.75) is 31.5 Å². The fraction of sp³-hybridized carbons (Fsp3) is 0.375. The molecular formula is C16H19BrN2O. The van der Waals surface area contributed by atoms with Crippen LogP contribution in [0.25, 0.3) is 0 Å². The molecule has 2 N–H and O–H groups in total. The van der Waals surface area contributed by atoms with E-state index in [9.17, 15) is 0 Å². The van der Waals surface area contributed by atoms with Crippen LogP contribution >= 0.6 is 15.9 Å². The Hall–Kier alpha value is -1.10. The van der Waals surface area contributed by atoms with Crippen molar-refractivity contribution in [3.8, 4) is 0 Å². The van der Waals surface area contributed by atoms with E-state index in [1.54, 1.807) is 6.26 Å². The molecule has 1 aliphatic carbocycles. The second-order valence-electron chi connectivity index (χ2n) is 5.29. The molecule has 1 saturated carbocycles. The van der Waals surface area contributed by atoms with E-state index in [1.165, 1.54) is 18.4 Å². The van der Waals surface area contributed by atoms with Crippen molar-refractivity contribution >= 4 is 15.9 Å². The van der Waals surface area contributed by atoms with Gasteiger partial charge in [0.2, 0.25) is 0 Å². The first kappa shape index (κ1) is 13.9. The molecule has 1 fully saturated rings. The first-order valence-corrected chi connectivity index (χ1v) is 7.81. The number of hydrogen-bond donors (Lipinski definition) is 1. The van der Waals surface area contributed by atoms with Gasteiger partial charge in [-0.1, -0.05) is 28.1 Å². The molecule has 0 aliphatic heterocycles. The molecule has 0 saturated heterocycles. The predicted octanol–water partition coefficient (Wildman–Crippen LogP) is 3.71. The van der Waals surface area contributed by atoms with Crippen LogP contribution in [0.3, 0.4) is 0 Å². The van der Waals surface area contributed by atoms with Gasteiger partial charge in [-0.05, 0) is 42.7 Å². The molecule has 0 bridgehead atoms. The van der Waals surface area contributed by atoms with Crippen LogP contribution < -0.4 is 5.73 Å². The molecule has 2 aromatic rings. The third-order valence-corrected chi connectivity index (χ3v) is 4.28. The monoisotopic (exact) mass is 334 g/mol. The third-order valence-electron chi connectivity index (χ3n) is 3.79. The van der Waals surface area contributed by atoms with Crippen LogP contribution in [0.2, 0.25) is 0 Å². The van der Waals surface area contributed by atoms with Crippen molar-refractivity contribution in [3.05, 3.63) is 58.5 Å². The lowest BCUT2D eigenvalue weighted by molar-refractivity contribution is 0.168. The normalized spacial score (nSPS) is 16.6. The molecule has 106 valence electrons. The van der Waals surface area contributed by atoms with E-state index >= 15 is 0 Å². The summed E-state index contributed by atoms with van der Waals surface area (Å²) in [6.07, 6.45) is 4.24. The fourth-order valence-electron chi connectivity index (χ4n) is 2.66. The Labute approximate surface area is 127 Å². The van der Waals surface area contributed by atoms with Gasteiger partial charge >= 0.3 is 0 Å². The molecule has 1 aromatic carbocycles. The lowest BCUT2D eigenvalue weighted by atomic mass is 10.0. The largest absolute Gasteiger partial charge is 0.468 e. The maximum atomic E-state index is 6.06. The topological polar surface area (TPSA) is 42.4 Å². The Balaban J connectivity index is 1.84. The van der Waals surface area contributed by atoms with Gasteiger partial charge in [0.15, 0.2) is 0 Å². The average molecular weight is 335 g/mol. The molecule has 3 nitrogen and oxygen atoms in total. The molecule has 1 unspecified atom stereocenters. The Morgan fingerprint density at radius 1 is 1.30 bits per heavy atom. The fourth-order valence-corrected chi connectivity index (χ4v) is 3.08. The Kier molecular flexibility index (Phi) is 4.24. The van der Waals surface area contributed by atoms with Crippen molar-refractivity contribution in [3.63, 3.8) is 0 Å². The summed E-state index contributed by atoms with van der Waals surface area (Å²) >= 11 is 3.54. The number of rotatable bonds is 6. The van der Waals surface area contributed by atoms with Crippen molar-refractivity contribution < 1.29 is 4.42 Å². The summed E-state index contributed by atoms with van der Waals surface area (Å²) in [5, 5.41) is 0. The minimum absolute atomic E-state index is 0.241. The van der Waals surface area contributed by atoms with Gasteiger partial charge in [-0.2, -0.15) is 0 Å². The Morgan fingerprint density at radius 2 is 2.15 bits per heavy atom. The van der Waals surface area contributed by atoms with Crippen LogP contribution in [0.1, 0.15) is 30.2 Å². The maximum absolute atomic E-state index is 6.06. The highest BCUT2D eigenvalue weighted by molar-refractivity contribution is 9.10. The van der Waals surface area contributed by atoms with Gasteiger partial charge in [0.05, 0.1) is 12.8 Å². The molecule has 4 heteroatoms. The van der Waals surface area contributed by atoms with Crippen LogP contribution in [-0.4, -0.2) is 17.5 Å². The van der Waals surface area contributed by atoms with Gasteiger partial charge in [0, 0.05) is 23.1 Å². The SMILES string of the molecule is NCC(c1cccc(Br)c1)N(Cc1ccco1)C1CC1. The van der Waals surface area contributed by atoms with E-state index in [-0.39, 0.29) is 6.04 Å². The number of benzene rings is 1. The lowest BCUT2D eigenvalue weighted by Gasteiger charge is -2.30. The molecule has 0 amide bonds. The second-order valence-corrected chi connectivity index (χ2v) is 6.21. The Morgan fingerprint density at radius 3 is 2.75 bits per heavy atom. The molecule has 1 aliphatic rings. The first-order valence-electron chi connectivity index (χ1n) is 7.01. The van der Waals surface area contributed by atoms with Crippen molar-refractivity contribution in [1.29, 1.82) is 0 Å². The minimum Gasteiger partial charge on any atom is -0.468 e. The third kappa shape index (κ3) is 3.14. The highest BCUT2D eigenvalue weighted by Crippen LogP contribution is 2.36. The van der Waals surface area contributed by atoms with E-state index in [0.717, 1.165) is 16.8 Å². The zero-order chi connectivity index (χ0) is 13.9. The van der Waals surface area contributed by atoms with Crippen molar-refractivity contribution in [2.24, 2.45) is 5.73 Å². The number of hydrogen-bond acceptors (Lipinski definition) is 3. The van der Waals surface area contributed by atoms with Crippen molar-refractivity contribution in [1.82, 2.24) is 4.90 Å². The van der Waals surface area contributed by atoms with E-state index < -0.39 is 0 Å². The summed E-state index contributed by atoms with van der Waals surface area (Å²) in [4.78, 5) is 2.47. The van der Waals surface area contributed by atoms with Gasteiger partial charge < -0.3 is 10.2 Å². The molecule has 3 rings (SSSR count). The van der Waals surface area contributed by atoms with Crippen molar-refractivity contribution in [2.75, 3.05) is 6.54 Å². The zero-order valence-corrected chi connectivity index (χ0v) is 12.9. The van der Waals surface area contributed by atoms with E-state index in [4.69, 9.17) is 10.2 Å². The quantitative estimate of drug-likeness (QED) is 0.875. The van der Waals surface area contributed by atoms with Gasteiger partial charge in [0.1, 0.15) is 5.76 Å². The Bertz CT molecular complexity index is 551. The smallest absolute Gasteiger partial charge is 0.117 e. The maximum Gasteiger partial charge on any atom is 0.117 e. The molecule has 20 heavy (non-hydrogen) atoms. The summed E-state index contributed by atoms with van der Waals surface area (Å²) in [7, 11) is 0. The molecule has 1 aromatic heterocycles. The summed E-state index contributed by atoms with van der Waals surface area (Å²) in [5.41, 5.74) is 7.33. The highest BCUT2D eigenvalue weighted by Gasteiger charge is 2.34. The van der Waals surface area contributed by atoms with Crippen LogP contribution in [0.5, 0.6) is 0 Å². The van der Waals surface area contributed by atoms with Crippen LogP contribution in [0.4, 0.5) is 0 Å². The standard InChI is InChI=1S/C16H19BrN2O/c17-13-4-1-3-12(9-13)16(10-18)19(14-6-7-14)11-15-5-2-8-20-15/h1-5,8-9,14,16H,6-7,10-11,18H2. The zero-order valence-electron chi connectivity index (χ0n) is 11.3. The van der Waals surface area contributed by atoms with E-state index in [1.807, 2.05) is 18.2 Å². The average Bonchev–Trinajstić information content (AvgIpc) is 3.16. The highest BCUT2D eigenvalue weighted by atomic mass is 79.9. The number of nitrogens with zero attached hydrogens (tertiary/aromatic N) is 1. The molecule has 1 heterocycles. The second kappa shape index (κ2) is 6.12. The predicted molar refractivity (Wildman–Crippen MR) is 83.2 cm³/mol. The van der Waals surface area contributed by atoms with E-state index in [2.05, 4.69) is 39.0 Å². The first-order chi connectivity index (χ1) is 9.78. The van der Waals surface area contributed by atoms with Crippen LogP contribution in [0.15, 0.2) is 51.6 Å². The molecule has 0 spiro atoms. The van der Waals surface area contributed by atoms with Gasteiger partial charge in [-0.25, -0.2) is 0 Å². The van der Waals surface area contributed by atoms with Crippen LogP contribution in [-0.2, 0) is 6.54 Å². The summed E-state index contributed by atoms with van der Waals surface area (Å²) in [6, 6.07) is 13.3.